The van der Waals surface area contributed by atoms with Crippen LogP contribution in [-0.2, 0) is 9.53 Å². The Bertz CT molecular complexity index is 2400. The molecule has 1 aliphatic heterocycles. The zero-order valence-corrected chi connectivity index (χ0v) is 35.7. The maximum absolute atomic E-state index is 13.5. The fraction of sp³-hybridized carbons (Fsp3) is 0.442. The summed E-state index contributed by atoms with van der Waals surface area (Å²) in [6, 6.07) is 9.55. The zero-order chi connectivity index (χ0) is 42.3. The molecule has 4 aromatic heterocycles. The van der Waals surface area contributed by atoms with Crippen molar-refractivity contribution in [1.29, 1.82) is 0 Å². The number of nitrogens with zero attached hydrogens (tertiary/aromatic N) is 7. The van der Waals surface area contributed by atoms with E-state index in [2.05, 4.69) is 46.0 Å². The van der Waals surface area contributed by atoms with E-state index < -0.39 is 0 Å². The highest BCUT2D eigenvalue weighted by Crippen LogP contribution is 2.32. The lowest BCUT2D eigenvalue weighted by Crippen LogP contribution is -2.49. The van der Waals surface area contributed by atoms with E-state index in [-0.39, 0.29) is 34.8 Å². The predicted octanol–water partition coefficient (Wildman–Crippen LogP) is 5.56. The number of rotatable bonds is 16. The number of ketones is 1. The van der Waals surface area contributed by atoms with Crippen LogP contribution >= 0.6 is 11.3 Å². The smallest absolute Gasteiger partial charge is 0.263 e. The minimum atomic E-state index is -0.282. The van der Waals surface area contributed by atoms with Crippen molar-refractivity contribution in [3.63, 3.8) is 0 Å². The number of carbonyl (C=O) groups is 3. The number of hydrogen-bond donors (Lipinski definition) is 4. The van der Waals surface area contributed by atoms with Gasteiger partial charge in [0.1, 0.15) is 11.5 Å². The van der Waals surface area contributed by atoms with Gasteiger partial charge in [0.05, 0.1) is 42.9 Å². The number of hydrogen-bond acceptors (Lipinski definition) is 14. The molecular formula is C43H53N11O5S. The number of ether oxygens (including phenoxy) is 1. The third kappa shape index (κ3) is 9.97. The Balaban J connectivity index is 0.813. The topological polar surface area (TPSA) is 189 Å². The Morgan fingerprint density at radius 3 is 2.38 bits per heavy atom. The van der Waals surface area contributed by atoms with Crippen molar-refractivity contribution in [1.82, 2.24) is 34.7 Å². The molecule has 0 radical (unpaired) electrons. The Morgan fingerprint density at radius 1 is 0.917 bits per heavy atom. The van der Waals surface area contributed by atoms with E-state index in [1.807, 2.05) is 57.3 Å². The molecule has 1 saturated carbocycles. The number of aromatic nitrogens is 5. The zero-order valence-electron chi connectivity index (χ0n) is 34.9. The number of Topliss-reactive ketones (excluding diaryl/α,β-unsaturated/α-hetero) is 1. The lowest BCUT2D eigenvalue weighted by Gasteiger charge is -2.35. The number of anilines is 5. The van der Waals surface area contributed by atoms with Gasteiger partial charge in [-0.05, 0) is 82.9 Å². The molecule has 316 valence electrons. The van der Waals surface area contributed by atoms with Gasteiger partial charge in [-0.1, -0.05) is 18.9 Å². The maximum Gasteiger partial charge on any atom is 0.263 e. The quantitative estimate of drug-likeness (QED) is 0.0716. The number of aryl methyl sites for hydroxylation is 4. The summed E-state index contributed by atoms with van der Waals surface area (Å²) in [5.74, 6) is 0.414. The minimum Gasteiger partial charge on any atom is -0.383 e. The molecule has 2 aliphatic rings. The Morgan fingerprint density at radius 2 is 1.68 bits per heavy atom. The average molecular weight is 836 g/mol. The van der Waals surface area contributed by atoms with Crippen molar-refractivity contribution < 1.29 is 19.1 Å². The van der Waals surface area contributed by atoms with Crippen LogP contribution in [0, 0.1) is 27.7 Å². The van der Waals surface area contributed by atoms with Crippen molar-refractivity contribution in [2.75, 3.05) is 79.9 Å². The van der Waals surface area contributed by atoms with Crippen LogP contribution in [0.25, 0.3) is 11.0 Å². The summed E-state index contributed by atoms with van der Waals surface area (Å²) < 4.78 is 7.43. The van der Waals surface area contributed by atoms with Crippen LogP contribution in [-0.4, -0.2) is 106 Å². The second-order valence-corrected chi connectivity index (χ2v) is 16.6. The molecule has 5 aromatic rings. The average Bonchev–Trinajstić information content (AvgIpc) is 3.87. The van der Waals surface area contributed by atoms with Gasteiger partial charge in [0.15, 0.2) is 10.9 Å². The molecule has 7 rings (SSSR count). The van der Waals surface area contributed by atoms with Gasteiger partial charge in [-0.3, -0.25) is 34.0 Å². The lowest BCUT2D eigenvalue weighted by molar-refractivity contribution is -0.122. The highest BCUT2D eigenvalue weighted by atomic mass is 32.1. The van der Waals surface area contributed by atoms with Crippen molar-refractivity contribution in [3.8, 4) is 0 Å². The van der Waals surface area contributed by atoms with Gasteiger partial charge in [-0.2, -0.15) is 4.98 Å². The maximum atomic E-state index is 13.5. The molecule has 1 saturated heterocycles. The summed E-state index contributed by atoms with van der Waals surface area (Å²) in [5.41, 5.74) is 5.23. The predicted molar refractivity (Wildman–Crippen MR) is 235 cm³/mol. The molecule has 0 bridgehead atoms. The summed E-state index contributed by atoms with van der Waals surface area (Å²) in [6.45, 7) is 14.1. The summed E-state index contributed by atoms with van der Waals surface area (Å²) in [6.07, 6.45) is 7.31. The number of carbonyl (C=O) groups excluding carboxylic acids is 3. The van der Waals surface area contributed by atoms with Crippen molar-refractivity contribution in [3.05, 3.63) is 85.9 Å². The first kappa shape index (κ1) is 42.3. The van der Waals surface area contributed by atoms with E-state index in [1.165, 1.54) is 18.3 Å². The number of benzene rings is 1. The molecule has 1 aliphatic carbocycles. The largest absolute Gasteiger partial charge is 0.383 e. The summed E-state index contributed by atoms with van der Waals surface area (Å²) in [7, 11) is 0. The molecule has 2 amide bonds. The van der Waals surface area contributed by atoms with Gasteiger partial charge in [0, 0.05) is 73.0 Å². The summed E-state index contributed by atoms with van der Waals surface area (Å²) >= 11 is 1.46. The van der Waals surface area contributed by atoms with E-state index in [0.717, 1.165) is 79.4 Å². The molecule has 0 atom stereocenters. The van der Waals surface area contributed by atoms with Crippen LogP contribution in [0.2, 0.25) is 0 Å². The van der Waals surface area contributed by atoms with Crippen LogP contribution in [0.4, 0.5) is 28.3 Å². The Kier molecular flexibility index (Phi) is 13.5. The minimum absolute atomic E-state index is 0.00167. The van der Waals surface area contributed by atoms with Crippen molar-refractivity contribution in [2.45, 2.75) is 66.3 Å². The van der Waals surface area contributed by atoms with E-state index in [4.69, 9.17) is 9.72 Å². The highest BCUT2D eigenvalue weighted by Gasteiger charge is 2.26. The van der Waals surface area contributed by atoms with Crippen LogP contribution < -0.4 is 31.7 Å². The Hall–Kier alpha value is -5.78. The number of pyridine rings is 2. The van der Waals surface area contributed by atoms with Gasteiger partial charge in [0.25, 0.3) is 11.5 Å². The van der Waals surface area contributed by atoms with Gasteiger partial charge in [0.2, 0.25) is 11.9 Å². The lowest BCUT2D eigenvalue weighted by atomic mass is 10.0. The van der Waals surface area contributed by atoms with E-state index >= 15 is 0 Å². The SMILES string of the molecule is CC(=O)c1c(C)c2cnc(Nc3ccc(N4CCN(CC(=O)NCCOCCNc5ccc(C)c(C(=O)Nc6nc(C)c(C)s6)c5)CC4)cn3)nc2n(C2CCCC2)c1=O. The third-order valence-corrected chi connectivity index (χ3v) is 12.2. The van der Waals surface area contributed by atoms with Gasteiger partial charge in [-0.25, -0.2) is 15.0 Å². The molecule has 0 unspecified atom stereocenters. The molecule has 2 fully saturated rings. The standard InChI is InChI=1S/C43H53N11O5S/c1-26-10-11-31(22-34(26)40(57)51-43-48-28(3)30(5)60-43)44-14-20-59-21-15-45-37(56)25-52-16-18-53(19-17-52)33-12-13-36(46-23-33)49-42-47-24-35-27(2)38(29(4)55)41(58)54(39(35)50-42)32-8-6-7-9-32/h10-13,22-24,32,44H,6-9,14-21,25H2,1-5H3,(H,45,56)(H,48,51,57)(H,46,47,49,50). The molecule has 1 aromatic carbocycles. The van der Waals surface area contributed by atoms with Crippen LogP contribution in [0.3, 0.4) is 0 Å². The second-order valence-electron chi connectivity index (χ2n) is 15.4. The summed E-state index contributed by atoms with van der Waals surface area (Å²) in [5, 5.41) is 13.6. The van der Waals surface area contributed by atoms with Crippen molar-refractivity contribution in [2.24, 2.45) is 0 Å². The number of thiazole rings is 1. The van der Waals surface area contributed by atoms with Crippen LogP contribution in [0.1, 0.15) is 81.1 Å². The van der Waals surface area contributed by atoms with Gasteiger partial charge >= 0.3 is 0 Å². The summed E-state index contributed by atoms with van der Waals surface area (Å²) in [4.78, 5) is 75.3. The second kappa shape index (κ2) is 19.1. The fourth-order valence-electron chi connectivity index (χ4n) is 7.79. The molecule has 0 spiro atoms. The van der Waals surface area contributed by atoms with Gasteiger partial charge < -0.3 is 25.6 Å². The number of nitrogens with one attached hydrogen (secondary N) is 4. The van der Waals surface area contributed by atoms with E-state index in [0.29, 0.717) is 71.9 Å². The molecular weight excluding hydrogens is 783 g/mol. The number of piperazine rings is 1. The Labute approximate surface area is 353 Å². The molecule has 60 heavy (non-hydrogen) atoms. The fourth-order valence-corrected chi connectivity index (χ4v) is 8.60. The third-order valence-electron chi connectivity index (χ3n) is 11.2. The van der Waals surface area contributed by atoms with Crippen molar-refractivity contribution >= 4 is 68.2 Å². The first-order valence-corrected chi connectivity index (χ1v) is 21.3. The molecule has 17 heteroatoms. The number of amides is 2. The number of fused-ring (bicyclic) bond motifs is 1. The highest BCUT2D eigenvalue weighted by molar-refractivity contribution is 7.15. The van der Waals surface area contributed by atoms with Crippen LogP contribution in [0.15, 0.2) is 47.5 Å². The normalized spacial score (nSPS) is 14.7. The van der Waals surface area contributed by atoms with Crippen LogP contribution in [0.5, 0.6) is 0 Å². The molecule has 5 heterocycles. The first-order chi connectivity index (χ1) is 28.9. The molecule has 4 N–H and O–H groups in total. The van der Waals surface area contributed by atoms with Gasteiger partial charge in [-0.15, -0.1) is 11.3 Å². The molecule has 16 nitrogen and oxygen atoms in total. The van der Waals surface area contributed by atoms with E-state index in [9.17, 15) is 19.2 Å². The first-order valence-electron chi connectivity index (χ1n) is 20.5. The monoisotopic (exact) mass is 835 g/mol. The van der Waals surface area contributed by atoms with E-state index in [1.54, 1.807) is 17.7 Å².